The van der Waals surface area contributed by atoms with Crippen LogP contribution in [0.5, 0.6) is 17.2 Å². The molecule has 0 unspecified atom stereocenters. The van der Waals surface area contributed by atoms with Gasteiger partial charge in [0.15, 0.2) is 17.3 Å². The van der Waals surface area contributed by atoms with E-state index in [1.165, 1.54) is 26.0 Å². The highest BCUT2D eigenvalue weighted by Crippen LogP contribution is 2.38. The van der Waals surface area contributed by atoms with Crippen LogP contribution in [-0.2, 0) is 6.54 Å². The summed E-state index contributed by atoms with van der Waals surface area (Å²) in [6, 6.07) is 14.1. The van der Waals surface area contributed by atoms with E-state index in [0.29, 0.717) is 40.2 Å². The number of carbonyl (C=O) groups is 1. The van der Waals surface area contributed by atoms with Gasteiger partial charge in [-0.25, -0.2) is 0 Å². The Morgan fingerprint density at radius 3 is 2.32 bits per heavy atom. The van der Waals surface area contributed by atoms with Crippen molar-refractivity contribution in [2.75, 3.05) is 26.6 Å². The van der Waals surface area contributed by atoms with E-state index in [2.05, 4.69) is 20.4 Å². The number of methoxy groups -OCH3 is 3. The molecule has 9 nitrogen and oxygen atoms in total. The third kappa shape index (κ3) is 4.79. The predicted octanol–water partition coefficient (Wildman–Crippen LogP) is 4.32. The molecule has 4 aromatic rings. The second kappa shape index (κ2) is 10.2. The first-order chi connectivity index (χ1) is 16.5. The quantitative estimate of drug-likeness (QED) is 0.399. The third-order valence-corrected chi connectivity index (χ3v) is 5.25. The fourth-order valence-corrected chi connectivity index (χ4v) is 3.42. The molecule has 0 bridgehead atoms. The van der Waals surface area contributed by atoms with Crippen molar-refractivity contribution in [3.8, 4) is 28.6 Å². The molecule has 0 spiro atoms. The standard InChI is InChI=1S/C24H22ClN5O4/c1-32-19-11-17(12-20(33-2)21(19)34-3)23(31)30-24(27-13-15-6-8-18(25)9-7-15)28-22(29-30)16-5-4-10-26-14-16/h4-12,14H,13H2,1-3H3,(H,27,28,29). The fraction of sp³-hybridized carbons (Fsp3) is 0.167. The van der Waals surface area contributed by atoms with Gasteiger partial charge in [0.2, 0.25) is 11.7 Å². The SMILES string of the molecule is COc1cc(C(=O)n2nc(-c3cccnc3)nc2NCc2ccc(Cl)cc2)cc(OC)c1OC. The molecule has 0 aliphatic carbocycles. The number of rotatable bonds is 8. The van der Waals surface area contributed by atoms with Crippen molar-refractivity contribution in [2.45, 2.75) is 6.54 Å². The topological polar surface area (TPSA) is 100 Å². The van der Waals surface area contributed by atoms with E-state index in [0.717, 1.165) is 5.56 Å². The van der Waals surface area contributed by atoms with Gasteiger partial charge in [-0.3, -0.25) is 9.78 Å². The largest absolute Gasteiger partial charge is 0.493 e. The Morgan fingerprint density at radius 1 is 1.03 bits per heavy atom. The summed E-state index contributed by atoms with van der Waals surface area (Å²) in [6.07, 6.45) is 3.29. The van der Waals surface area contributed by atoms with Crippen molar-refractivity contribution in [1.82, 2.24) is 19.7 Å². The Morgan fingerprint density at radius 2 is 1.74 bits per heavy atom. The molecule has 1 N–H and O–H groups in total. The lowest BCUT2D eigenvalue weighted by molar-refractivity contribution is 0.0946. The lowest BCUT2D eigenvalue weighted by Gasteiger charge is -2.14. The van der Waals surface area contributed by atoms with Crippen molar-refractivity contribution in [1.29, 1.82) is 0 Å². The smallest absolute Gasteiger partial charge is 0.281 e. The molecule has 0 aliphatic heterocycles. The Labute approximate surface area is 201 Å². The number of halogens is 1. The molecule has 2 aromatic carbocycles. The summed E-state index contributed by atoms with van der Waals surface area (Å²) in [5.41, 5.74) is 1.92. The average Bonchev–Trinajstić information content (AvgIpc) is 3.31. The summed E-state index contributed by atoms with van der Waals surface area (Å²) in [4.78, 5) is 22.2. The number of nitrogens with zero attached hydrogens (tertiary/aromatic N) is 4. The van der Waals surface area contributed by atoms with Crippen LogP contribution >= 0.6 is 11.6 Å². The molecule has 10 heteroatoms. The van der Waals surface area contributed by atoms with Crippen molar-refractivity contribution < 1.29 is 19.0 Å². The number of carbonyl (C=O) groups excluding carboxylic acids is 1. The number of anilines is 1. The maximum absolute atomic E-state index is 13.5. The third-order valence-electron chi connectivity index (χ3n) is 4.99. The van der Waals surface area contributed by atoms with Crippen LogP contribution in [0, 0.1) is 0 Å². The number of aromatic nitrogens is 4. The monoisotopic (exact) mass is 479 g/mol. The summed E-state index contributed by atoms with van der Waals surface area (Å²) in [5, 5.41) is 8.29. The van der Waals surface area contributed by atoms with Crippen LogP contribution in [-0.4, -0.2) is 47.0 Å². The van der Waals surface area contributed by atoms with Gasteiger partial charge in [0, 0.05) is 35.1 Å². The van der Waals surface area contributed by atoms with Gasteiger partial charge in [-0.2, -0.15) is 9.67 Å². The van der Waals surface area contributed by atoms with Crippen LogP contribution in [0.3, 0.4) is 0 Å². The summed E-state index contributed by atoms with van der Waals surface area (Å²) in [5.74, 6) is 1.29. The van der Waals surface area contributed by atoms with E-state index >= 15 is 0 Å². The van der Waals surface area contributed by atoms with Gasteiger partial charge in [0.1, 0.15) is 0 Å². The molecule has 4 rings (SSSR count). The normalized spacial score (nSPS) is 10.6. The van der Waals surface area contributed by atoms with E-state index in [4.69, 9.17) is 25.8 Å². The van der Waals surface area contributed by atoms with E-state index in [9.17, 15) is 4.79 Å². The summed E-state index contributed by atoms with van der Waals surface area (Å²) in [6.45, 7) is 0.408. The van der Waals surface area contributed by atoms with Gasteiger partial charge < -0.3 is 19.5 Å². The minimum atomic E-state index is -0.430. The second-order valence-corrected chi connectivity index (χ2v) is 7.55. The zero-order valence-corrected chi connectivity index (χ0v) is 19.5. The number of benzene rings is 2. The highest BCUT2D eigenvalue weighted by atomic mass is 35.5. The zero-order valence-electron chi connectivity index (χ0n) is 18.8. The summed E-state index contributed by atoms with van der Waals surface area (Å²) in [7, 11) is 4.47. The van der Waals surface area contributed by atoms with Gasteiger partial charge in [-0.15, -0.1) is 5.10 Å². The van der Waals surface area contributed by atoms with Crippen molar-refractivity contribution >= 4 is 23.5 Å². The molecular weight excluding hydrogens is 458 g/mol. The molecule has 0 saturated heterocycles. The molecule has 34 heavy (non-hydrogen) atoms. The fourth-order valence-electron chi connectivity index (χ4n) is 3.30. The Kier molecular flexibility index (Phi) is 6.93. The maximum atomic E-state index is 13.5. The Hall–Kier alpha value is -4.11. The molecular formula is C24H22ClN5O4. The number of pyridine rings is 1. The number of nitrogens with one attached hydrogen (secondary N) is 1. The van der Waals surface area contributed by atoms with Crippen LogP contribution in [0.1, 0.15) is 15.9 Å². The van der Waals surface area contributed by atoms with E-state index in [1.807, 2.05) is 18.2 Å². The van der Waals surface area contributed by atoms with Crippen LogP contribution in [0.2, 0.25) is 5.02 Å². The minimum absolute atomic E-state index is 0.271. The molecule has 2 heterocycles. The van der Waals surface area contributed by atoms with Crippen LogP contribution in [0.15, 0.2) is 60.9 Å². The average molecular weight is 480 g/mol. The molecule has 2 aromatic heterocycles. The van der Waals surface area contributed by atoms with Crippen LogP contribution in [0.25, 0.3) is 11.4 Å². The first-order valence-corrected chi connectivity index (χ1v) is 10.6. The zero-order chi connectivity index (χ0) is 24.1. The molecule has 0 aliphatic rings. The van der Waals surface area contributed by atoms with Crippen molar-refractivity contribution in [2.24, 2.45) is 0 Å². The minimum Gasteiger partial charge on any atom is -0.493 e. The van der Waals surface area contributed by atoms with Crippen molar-refractivity contribution in [3.05, 3.63) is 77.1 Å². The number of hydrogen-bond donors (Lipinski definition) is 1. The molecule has 0 atom stereocenters. The van der Waals surface area contributed by atoms with Gasteiger partial charge in [-0.05, 0) is 42.0 Å². The maximum Gasteiger partial charge on any atom is 0.281 e. The lowest BCUT2D eigenvalue weighted by atomic mass is 10.1. The second-order valence-electron chi connectivity index (χ2n) is 7.11. The van der Waals surface area contributed by atoms with Crippen molar-refractivity contribution in [3.63, 3.8) is 0 Å². The molecule has 0 fully saturated rings. The van der Waals surface area contributed by atoms with Gasteiger partial charge in [0.25, 0.3) is 5.91 Å². The molecule has 0 radical (unpaired) electrons. The predicted molar refractivity (Wildman–Crippen MR) is 128 cm³/mol. The van der Waals surface area contributed by atoms with Gasteiger partial charge in [-0.1, -0.05) is 23.7 Å². The van der Waals surface area contributed by atoms with E-state index in [-0.39, 0.29) is 11.5 Å². The highest BCUT2D eigenvalue weighted by Gasteiger charge is 2.22. The first kappa shape index (κ1) is 23.1. The highest BCUT2D eigenvalue weighted by molar-refractivity contribution is 6.30. The summed E-state index contributed by atoms with van der Waals surface area (Å²) < 4.78 is 17.3. The summed E-state index contributed by atoms with van der Waals surface area (Å²) >= 11 is 5.98. The first-order valence-electron chi connectivity index (χ1n) is 10.2. The van der Waals surface area contributed by atoms with Crippen LogP contribution in [0.4, 0.5) is 5.95 Å². The van der Waals surface area contributed by atoms with Crippen LogP contribution < -0.4 is 19.5 Å². The van der Waals surface area contributed by atoms with E-state index < -0.39 is 5.91 Å². The molecule has 0 amide bonds. The van der Waals surface area contributed by atoms with E-state index in [1.54, 1.807) is 42.7 Å². The number of hydrogen-bond acceptors (Lipinski definition) is 8. The number of ether oxygens (including phenoxy) is 3. The molecule has 174 valence electrons. The molecule has 0 saturated carbocycles. The Bertz CT molecular complexity index is 1270. The van der Waals surface area contributed by atoms with Gasteiger partial charge in [0.05, 0.1) is 21.3 Å². The Balaban J connectivity index is 1.74. The lowest BCUT2D eigenvalue weighted by Crippen LogP contribution is -2.18. The van der Waals surface area contributed by atoms with Gasteiger partial charge >= 0.3 is 0 Å².